The van der Waals surface area contributed by atoms with Gasteiger partial charge in [-0.05, 0) is 23.6 Å². The average molecular weight is 392 g/mol. The largest absolute Gasteiger partial charge is 0.494 e. The highest BCUT2D eigenvalue weighted by atomic mass is 16.5. The van der Waals surface area contributed by atoms with Crippen LogP contribution in [0.5, 0.6) is 11.5 Å². The molecule has 150 valence electrons. The first-order valence-corrected chi connectivity index (χ1v) is 9.37. The van der Waals surface area contributed by atoms with Crippen molar-refractivity contribution < 1.29 is 19.1 Å². The van der Waals surface area contributed by atoms with Crippen LogP contribution in [-0.4, -0.2) is 25.5 Å². The summed E-state index contributed by atoms with van der Waals surface area (Å²) in [6.45, 7) is 3.50. The fourth-order valence-corrected chi connectivity index (χ4v) is 2.81. The summed E-state index contributed by atoms with van der Waals surface area (Å²) in [6.07, 6.45) is 0. The molecule has 2 amide bonds. The Morgan fingerprint density at radius 1 is 0.931 bits per heavy atom. The van der Waals surface area contributed by atoms with E-state index in [1.54, 1.807) is 18.2 Å². The first kappa shape index (κ1) is 20.2. The molecular formula is C23H24N2O4. The van der Waals surface area contributed by atoms with Gasteiger partial charge in [0.25, 0.3) is 5.91 Å². The third-order valence-corrected chi connectivity index (χ3v) is 4.38. The summed E-state index contributed by atoms with van der Waals surface area (Å²) >= 11 is 0. The van der Waals surface area contributed by atoms with Gasteiger partial charge < -0.3 is 20.1 Å². The molecule has 0 atom stereocenters. The van der Waals surface area contributed by atoms with Crippen LogP contribution in [0.4, 0.5) is 11.4 Å². The lowest BCUT2D eigenvalue weighted by molar-refractivity contribution is -0.119. The standard InChI is InChI=1S/C23H24N2O4/c1-15(2)23(27)25-19-12-11-17(13-21(19)28-3)24-22(26)14-29-20-10-6-8-16-7-4-5-9-18(16)20/h4-13,15H,14H2,1-3H3,(H,24,26)(H,25,27). The summed E-state index contributed by atoms with van der Waals surface area (Å²) in [5, 5.41) is 7.59. The Hall–Kier alpha value is -3.54. The predicted molar refractivity (Wildman–Crippen MR) is 115 cm³/mol. The van der Waals surface area contributed by atoms with Crippen LogP contribution in [0.25, 0.3) is 10.8 Å². The Morgan fingerprint density at radius 3 is 2.45 bits per heavy atom. The minimum absolute atomic E-state index is 0.108. The molecule has 3 aromatic carbocycles. The maximum atomic E-state index is 12.3. The minimum atomic E-state index is -0.293. The van der Waals surface area contributed by atoms with E-state index in [2.05, 4.69) is 10.6 Å². The van der Waals surface area contributed by atoms with Crippen molar-refractivity contribution in [2.75, 3.05) is 24.4 Å². The van der Waals surface area contributed by atoms with Crippen LogP contribution in [0.15, 0.2) is 60.7 Å². The molecule has 0 aliphatic rings. The van der Waals surface area contributed by atoms with Gasteiger partial charge in [0.1, 0.15) is 11.5 Å². The van der Waals surface area contributed by atoms with Gasteiger partial charge in [-0.2, -0.15) is 0 Å². The molecule has 0 aliphatic carbocycles. The van der Waals surface area contributed by atoms with E-state index in [4.69, 9.17) is 9.47 Å². The number of carbonyl (C=O) groups excluding carboxylic acids is 2. The molecule has 0 radical (unpaired) electrons. The first-order valence-electron chi connectivity index (χ1n) is 9.37. The minimum Gasteiger partial charge on any atom is -0.494 e. The molecule has 0 aromatic heterocycles. The van der Waals surface area contributed by atoms with E-state index in [0.29, 0.717) is 22.9 Å². The molecule has 0 saturated heterocycles. The molecule has 0 spiro atoms. The Bertz CT molecular complexity index is 1030. The van der Waals surface area contributed by atoms with Gasteiger partial charge in [0.05, 0.1) is 12.8 Å². The molecule has 0 fully saturated rings. The molecule has 3 rings (SSSR count). The van der Waals surface area contributed by atoms with Crippen LogP contribution in [0.3, 0.4) is 0 Å². The van der Waals surface area contributed by atoms with Crippen LogP contribution in [-0.2, 0) is 9.59 Å². The lowest BCUT2D eigenvalue weighted by Gasteiger charge is -2.14. The number of methoxy groups -OCH3 is 1. The lowest BCUT2D eigenvalue weighted by atomic mass is 10.1. The number of amides is 2. The summed E-state index contributed by atoms with van der Waals surface area (Å²) in [5.74, 6) is 0.571. The molecule has 3 aromatic rings. The van der Waals surface area contributed by atoms with E-state index in [1.807, 2.05) is 56.3 Å². The molecule has 0 unspecified atom stereocenters. The number of hydrogen-bond donors (Lipinski definition) is 2. The highest BCUT2D eigenvalue weighted by Crippen LogP contribution is 2.29. The SMILES string of the molecule is COc1cc(NC(=O)COc2cccc3ccccc23)ccc1NC(=O)C(C)C. The predicted octanol–water partition coefficient (Wildman–Crippen LogP) is 4.46. The fourth-order valence-electron chi connectivity index (χ4n) is 2.81. The Kier molecular flexibility index (Phi) is 6.34. The van der Waals surface area contributed by atoms with Crippen molar-refractivity contribution in [3.05, 3.63) is 60.7 Å². The van der Waals surface area contributed by atoms with E-state index < -0.39 is 0 Å². The first-order chi connectivity index (χ1) is 14.0. The zero-order valence-electron chi connectivity index (χ0n) is 16.7. The van der Waals surface area contributed by atoms with Crippen molar-refractivity contribution in [3.8, 4) is 11.5 Å². The molecule has 2 N–H and O–H groups in total. The topological polar surface area (TPSA) is 76.7 Å². The summed E-state index contributed by atoms with van der Waals surface area (Å²) < 4.78 is 11.0. The zero-order valence-corrected chi connectivity index (χ0v) is 16.7. The summed E-state index contributed by atoms with van der Waals surface area (Å²) in [6, 6.07) is 18.6. The van der Waals surface area contributed by atoms with Gasteiger partial charge >= 0.3 is 0 Å². The van der Waals surface area contributed by atoms with Gasteiger partial charge in [0, 0.05) is 23.1 Å². The number of ether oxygens (including phenoxy) is 2. The zero-order chi connectivity index (χ0) is 20.8. The van der Waals surface area contributed by atoms with Crippen LogP contribution in [0.1, 0.15) is 13.8 Å². The normalized spacial score (nSPS) is 10.6. The second kappa shape index (κ2) is 9.10. The van der Waals surface area contributed by atoms with Gasteiger partial charge in [-0.15, -0.1) is 0 Å². The fraction of sp³-hybridized carbons (Fsp3) is 0.217. The highest BCUT2D eigenvalue weighted by Gasteiger charge is 2.13. The summed E-state index contributed by atoms with van der Waals surface area (Å²) in [7, 11) is 1.51. The number of rotatable bonds is 7. The maximum absolute atomic E-state index is 12.3. The second-order valence-corrected chi connectivity index (χ2v) is 6.87. The number of fused-ring (bicyclic) bond motifs is 1. The third kappa shape index (κ3) is 5.04. The van der Waals surface area contributed by atoms with E-state index >= 15 is 0 Å². The van der Waals surface area contributed by atoms with E-state index in [9.17, 15) is 9.59 Å². The Labute approximate surface area is 169 Å². The molecule has 0 aliphatic heterocycles. The summed E-state index contributed by atoms with van der Waals surface area (Å²) in [4.78, 5) is 24.2. The van der Waals surface area contributed by atoms with E-state index in [1.165, 1.54) is 7.11 Å². The number of benzene rings is 3. The summed E-state index contributed by atoms with van der Waals surface area (Å²) in [5.41, 5.74) is 1.10. The molecule has 6 heteroatoms. The quantitative estimate of drug-likeness (QED) is 0.622. The van der Waals surface area contributed by atoms with Gasteiger partial charge in [0.2, 0.25) is 5.91 Å². The average Bonchev–Trinajstić information content (AvgIpc) is 2.73. The number of anilines is 2. The third-order valence-electron chi connectivity index (χ3n) is 4.38. The monoisotopic (exact) mass is 392 g/mol. The van der Waals surface area contributed by atoms with Crippen molar-refractivity contribution in [3.63, 3.8) is 0 Å². The van der Waals surface area contributed by atoms with Crippen molar-refractivity contribution in [2.45, 2.75) is 13.8 Å². The molecule has 0 heterocycles. The van der Waals surface area contributed by atoms with Crippen molar-refractivity contribution in [1.29, 1.82) is 0 Å². The molecule has 29 heavy (non-hydrogen) atoms. The molecule has 0 saturated carbocycles. The van der Waals surface area contributed by atoms with Crippen molar-refractivity contribution >= 4 is 34.0 Å². The van der Waals surface area contributed by atoms with Gasteiger partial charge in [-0.1, -0.05) is 50.2 Å². The maximum Gasteiger partial charge on any atom is 0.262 e. The Morgan fingerprint density at radius 2 is 1.69 bits per heavy atom. The second-order valence-electron chi connectivity index (χ2n) is 6.87. The van der Waals surface area contributed by atoms with Crippen LogP contribution in [0, 0.1) is 5.92 Å². The number of hydrogen-bond acceptors (Lipinski definition) is 4. The number of nitrogens with one attached hydrogen (secondary N) is 2. The Balaban J connectivity index is 1.65. The van der Waals surface area contributed by atoms with Gasteiger partial charge in [-0.25, -0.2) is 0 Å². The van der Waals surface area contributed by atoms with Crippen LogP contribution in [0.2, 0.25) is 0 Å². The van der Waals surface area contributed by atoms with Gasteiger partial charge in [0.15, 0.2) is 6.61 Å². The van der Waals surface area contributed by atoms with Crippen molar-refractivity contribution in [1.82, 2.24) is 0 Å². The number of carbonyl (C=O) groups is 2. The molecular weight excluding hydrogens is 368 g/mol. The molecule has 6 nitrogen and oxygen atoms in total. The molecule has 0 bridgehead atoms. The van der Waals surface area contributed by atoms with E-state index in [-0.39, 0.29) is 24.3 Å². The van der Waals surface area contributed by atoms with E-state index in [0.717, 1.165) is 10.8 Å². The smallest absolute Gasteiger partial charge is 0.262 e. The van der Waals surface area contributed by atoms with Gasteiger partial charge in [-0.3, -0.25) is 9.59 Å². The lowest BCUT2D eigenvalue weighted by Crippen LogP contribution is -2.20. The van der Waals surface area contributed by atoms with Crippen LogP contribution < -0.4 is 20.1 Å². The highest BCUT2D eigenvalue weighted by molar-refractivity contribution is 5.96. The van der Waals surface area contributed by atoms with Crippen LogP contribution >= 0.6 is 0 Å². The van der Waals surface area contributed by atoms with Crippen molar-refractivity contribution in [2.24, 2.45) is 5.92 Å².